The van der Waals surface area contributed by atoms with E-state index in [1.54, 1.807) is 11.8 Å². The third-order valence-corrected chi connectivity index (χ3v) is 9.46. The Morgan fingerprint density at radius 2 is 1.64 bits per heavy atom. The van der Waals surface area contributed by atoms with Crippen LogP contribution in [0.2, 0.25) is 0 Å². The molecule has 1 saturated heterocycles. The van der Waals surface area contributed by atoms with Gasteiger partial charge in [-0.3, -0.25) is 14.7 Å². The number of ether oxygens (including phenoxy) is 1. The Hall–Kier alpha value is -1.57. The molecule has 0 unspecified atom stereocenters. The number of nitrogens with zero attached hydrogens (tertiary/aromatic N) is 2. The molecule has 2 saturated carbocycles. The van der Waals surface area contributed by atoms with Gasteiger partial charge in [-0.05, 0) is 73.4 Å². The minimum Gasteiger partial charge on any atom is -0.489 e. The second-order valence-electron chi connectivity index (χ2n) is 9.87. The molecule has 2 aromatic carbocycles. The second-order valence-corrected chi connectivity index (χ2v) is 12.7. The van der Waals surface area contributed by atoms with Crippen molar-refractivity contribution in [2.75, 3.05) is 0 Å². The number of carbonyl (C=O) groups is 1. The molecule has 7 heteroatoms. The fourth-order valence-corrected chi connectivity index (χ4v) is 7.49. The summed E-state index contributed by atoms with van der Waals surface area (Å²) in [6.45, 7) is 0.486. The number of benzene rings is 2. The first kappa shape index (κ1) is 26.1. The zero-order valence-electron chi connectivity index (χ0n) is 20.4. The number of halogens is 2. The van der Waals surface area contributed by atoms with E-state index < -0.39 is 0 Å². The number of amidine groups is 1. The maximum atomic E-state index is 13.6. The van der Waals surface area contributed by atoms with Gasteiger partial charge in [0.1, 0.15) is 12.4 Å². The van der Waals surface area contributed by atoms with Crippen molar-refractivity contribution in [3.8, 4) is 5.75 Å². The van der Waals surface area contributed by atoms with Gasteiger partial charge in [0.25, 0.3) is 5.91 Å². The molecule has 3 fully saturated rings. The molecule has 0 bridgehead atoms. The van der Waals surface area contributed by atoms with Gasteiger partial charge >= 0.3 is 0 Å². The summed E-state index contributed by atoms with van der Waals surface area (Å²) in [6.07, 6.45) is 14.0. The molecule has 2 aliphatic carbocycles. The lowest BCUT2D eigenvalue weighted by molar-refractivity contribution is -0.124. The molecule has 1 amide bonds. The van der Waals surface area contributed by atoms with Crippen LogP contribution in [0, 0.1) is 0 Å². The molecule has 4 nitrogen and oxygen atoms in total. The first-order valence-electron chi connectivity index (χ1n) is 13.0. The quantitative estimate of drug-likeness (QED) is 0.299. The Morgan fingerprint density at radius 3 is 2.33 bits per heavy atom. The minimum atomic E-state index is 0.127. The highest BCUT2D eigenvalue weighted by atomic mass is 79.9. The van der Waals surface area contributed by atoms with Gasteiger partial charge in [0.2, 0.25) is 0 Å². The van der Waals surface area contributed by atoms with Gasteiger partial charge in [-0.1, -0.05) is 88.6 Å². The van der Waals surface area contributed by atoms with E-state index in [4.69, 9.17) is 9.73 Å². The summed E-state index contributed by atoms with van der Waals surface area (Å²) in [6, 6.07) is 14.7. The molecule has 0 spiro atoms. The van der Waals surface area contributed by atoms with Crippen molar-refractivity contribution in [3.63, 3.8) is 0 Å². The van der Waals surface area contributed by atoms with Crippen LogP contribution in [-0.4, -0.2) is 28.1 Å². The number of thioether (sulfide) groups is 1. The summed E-state index contributed by atoms with van der Waals surface area (Å²) >= 11 is 8.64. The first-order chi connectivity index (χ1) is 17.6. The van der Waals surface area contributed by atoms with Crippen LogP contribution in [0.25, 0.3) is 6.08 Å². The lowest BCUT2D eigenvalue weighted by atomic mass is 9.94. The molecule has 0 aromatic heterocycles. The standard InChI is InChI=1S/C29H32Br2N2O2S/c30-22-14-13-21(26(31)18-22)19-35-25-15-11-20(12-16-25)17-27-28(34)33(24-9-5-2-6-10-24)29(36-27)32-23-7-3-1-4-8-23/h11-18,23-24H,1-10,19H2. The Morgan fingerprint density at radius 1 is 0.944 bits per heavy atom. The largest absolute Gasteiger partial charge is 0.489 e. The third-order valence-electron chi connectivity index (χ3n) is 7.23. The van der Waals surface area contributed by atoms with Crippen LogP contribution in [0.4, 0.5) is 0 Å². The van der Waals surface area contributed by atoms with Crippen LogP contribution in [0.3, 0.4) is 0 Å². The predicted molar refractivity (Wildman–Crippen MR) is 156 cm³/mol. The number of carbonyl (C=O) groups excluding carboxylic acids is 1. The van der Waals surface area contributed by atoms with Crippen molar-refractivity contribution in [3.05, 3.63) is 67.4 Å². The Balaban J connectivity index is 1.30. The van der Waals surface area contributed by atoms with Gasteiger partial charge in [0.05, 0.1) is 10.9 Å². The van der Waals surface area contributed by atoms with Crippen molar-refractivity contribution in [2.24, 2.45) is 4.99 Å². The summed E-state index contributed by atoms with van der Waals surface area (Å²) in [7, 11) is 0. The SMILES string of the molecule is O=C1C(=Cc2ccc(OCc3ccc(Br)cc3Br)cc2)SC(=NC2CCCCC2)N1C1CCCCC1. The van der Waals surface area contributed by atoms with E-state index in [9.17, 15) is 4.79 Å². The first-order valence-corrected chi connectivity index (χ1v) is 15.4. The highest BCUT2D eigenvalue weighted by Crippen LogP contribution is 2.38. The third kappa shape index (κ3) is 6.46. The summed E-state index contributed by atoms with van der Waals surface area (Å²) in [5.41, 5.74) is 2.09. The Labute approximate surface area is 235 Å². The molecule has 0 N–H and O–H groups in total. The number of hydrogen-bond acceptors (Lipinski definition) is 4. The molecular weight excluding hydrogens is 600 g/mol. The minimum absolute atomic E-state index is 0.127. The number of amides is 1. The summed E-state index contributed by atoms with van der Waals surface area (Å²) < 4.78 is 8.04. The second kappa shape index (κ2) is 12.3. The zero-order chi connectivity index (χ0) is 24.9. The molecule has 5 rings (SSSR count). The van der Waals surface area contributed by atoms with Gasteiger partial charge in [0.15, 0.2) is 5.17 Å². The van der Waals surface area contributed by atoms with Crippen LogP contribution in [-0.2, 0) is 11.4 Å². The highest BCUT2D eigenvalue weighted by molar-refractivity contribution is 9.11. The zero-order valence-corrected chi connectivity index (χ0v) is 24.4. The van der Waals surface area contributed by atoms with Gasteiger partial charge in [-0.2, -0.15) is 0 Å². The van der Waals surface area contributed by atoms with Crippen LogP contribution >= 0.6 is 43.6 Å². The van der Waals surface area contributed by atoms with Crippen molar-refractivity contribution in [2.45, 2.75) is 82.9 Å². The average molecular weight is 632 g/mol. The fourth-order valence-electron chi connectivity index (χ4n) is 5.22. The molecule has 1 aliphatic heterocycles. The van der Waals surface area contributed by atoms with Crippen LogP contribution < -0.4 is 4.74 Å². The smallest absolute Gasteiger partial charge is 0.266 e. The number of rotatable bonds is 6. The lowest BCUT2D eigenvalue weighted by Crippen LogP contribution is -2.41. The molecule has 1 heterocycles. The van der Waals surface area contributed by atoms with E-state index in [-0.39, 0.29) is 5.91 Å². The van der Waals surface area contributed by atoms with Crippen molar-refractivity contribution in [1.29, 1.82) is 0 Å². The molecule has 2 aromatic rings. The Kier molecular flexibility index (Phi) is 8.91. The molecule has 0 radical (unpaired) electrons. The molecule has 3 aliphatic rings. The average Bonchev–Trinajstić information content (AvgIpc) is 3.19. The lowest BCUT2D eigenvalue weighted by Gasteiger charge is -2.31. The monoisotopic (exact) mass is 630 g/mol. The van der Waals surface area contributed by atoms with Crippen molar-refractivity contribution >= 4 is 60.8 Å². The van der Waals surface area contributed by atoms with Crippen LogP contribution in [0.15, 0.2) is 61.3 Å². The maximum Gasteiger partial charge on any atom is 0.266 e. The van der Waals surface area contributed by atoms with Gasteiger partial charge in [-0.25, -0.2) is 0 Å². The van der Waals surface area contributed by atoms with Crippen LogP contribution in [0.1, 0.15) is 75.3 Å². The molecule has 0 atom stereocenters. The van der Waals surface area contributed by atoms with Crippen LogP contribution in [0.5, 0.6) is 5.75 Å². The number of aliphatic imine (C=N–C) groups is 1. The summed E-state index contributed by atoms with van der Waals surface area (Å²) in [5.74, 6) is 0.933. The maximum absolute atomic E-state index is 13.6. The number of hydrogen-bond donors (Lipinski definition) is 0. The fraction of sp³-hybridized carbons (Fsp3) is 0.448. The molecule has 190 valence electrons. The van der Waals surface area contributed by atoms with E-state index >= 15 is 0 Å². The topological polar surface area (TPSA) is 41.9 Å². The van der Waals surface area contributed by atoms with Gasteiger partial charge < -0.3 is 4.74 Å². The van der Waals surface area contributed by atoms with E-state index in [2.05, 4.69) is 31.9 Å². The normalized spacial score (nSPS) is 22.1. The van der Waals surface area contributed by atoms with E-state index in [1.807, 2.05) is 53.4 Å². The van der Waals surface area contributed by atoms with E-state index in [0.717, 1.165) is 61.6 Å². The molecular formula is C29H32Br2N2O2S. The van der Waals surface area contributed by atoms with Gasteiger partial charge in [0, 0.05) is 20.6 Å². The van der Waals surface area contributed by atoms with Gasteiger partial charge in [-0.15, -0.1) is 0 Å². The predicted octanol–water partition coefficient (Wildman–Crippen LogP) is 8.73. The molecule has 36 heavy (non-hydrogen) atoms. The summed E-state index contributed by atoms with van der Waals surface area (Å²) in [4.78, 5) is 21.5. The summed E-state index contributed by atoms with van der Waals surface area (Å²) in [5, 5.41) is 0.935. The highest BCUT2D eigenvalue weighted by Gasteiger charge is 2.39. The van der Waals surface area contributed by atoms with Crippen molar-refractivity contribution in [1.82, 2.24) is 4.90 Å². The van der Waals surface area contributed by atoms with E-state index in [1.165, 1.54) is 38.5 Å². The van der Waals surface area contributed by atoms with E-state index in [0.29, 0.717) is 18.7 Å². The Bertz CT molecular complexity index is 1140. The van der Waals surface area contributed by atoms with Crippen molar-refractivity contribution < 1.29 is 9.53 Å².